The summed E-state index contributed by atoms with van der Waals surface area (Å²) in [6.07, 6.45) is -2.74. The fraction of sp³-hybridized carbons (Fsp3) is 0.333. The average molecular weight is 285 g/mol. The molecule has 0 aliphatic carbocycles. The van der Waals surface area contributed by atoms with Crippen molar-refractivity contribution in [1.29, 1.82) is 0 Å². The molecule has 0 atom stereocenters. The first-order valence-electron chi connectivity index (χ1n) is 5.84. The predicted octanol–water partition coefficient (Wildman–Crippen LogP) is 2.93. The lowest BCUT2D eigenvalue weighted by Gasteiger charge is -2.12. The van der Waals surface area contributed by atoms with Gasteiger partial charge < -0.3 is 10.6 Å². The maximum Gasteiger partial charge on any atom is 0.416 e. The second-order valence-electron chi connectivity index (χ2n) is 4.30. The van der Waals surface area contributed by atoms with Gasteiger partial charge in [-0.3, -0.25) is 4.68 Å². The van der Waals surface area contributed by atoms with Crippen molar-refractivity contribution in [2.45, 2.75) is 13.1 Å². The number of halogens is 3. The zero-order valence-electron chi connectivity index (χ0n) is 11.2. The number of hydrogen-bond acceptors (Lipinski definition) is 4. The van der Waals surface area contributed by atoms with Gasteiger partial charge in [0.1, 0.15) is 11.6 Å². The molecule has 0 aliphatic heterocycles. The summed E-state index contributed by atoms with van der Waals surface area (Å²) in [7, 11) is 3.25. The fourth-order valence-electron chi connectivity index (χ4n) is 1.75. The van der Waals surface area contributed by atoms with Crippen molar-refractivity contribution in [2.75, 3.05) is 17.7 Å². The average Bonchev–Trinajstić information content (AvgIpc) is 2.66. The first-order valence-corrected chi connectivity index (χ1v) is 5.84. The van der Waals surface area contributed by atoms with Crippen molar-refractivity contribution >= 4 is 17.3 Å². The van der Waals surface area contributed by atoms with Crippen LogP contribution in [0.4, 0.5) is 30.5 Å². The molecule has 0 saturated carbocycles. The Labute approximate surface area is 113 Å². The topological polar surface area (TPSA) is 54.8 Å². The van der Waals surface area contributed by atoms with E-state index in [0.717, 1.165) is 12.1 Å². The highest BCUT2D eigenvalue weighted by molar-refractivity contribution is 5.60. The van der Waals surface area contributed by atoms with Gasteiger partial charge in [-0.15, -0.1) is 0 Å². The lowest BCUT2D eigenvalue weighted by Crippen LogP contribution is -2.08. The quantitative estimate of drug-likeness (QED) is 0.910. The third-order valence-corrected chi connectivity index (χ3v) is 2.69. The first kappa shape index (κ1) is 14.2. The Hall–Kier alpha value is -2.25. The lowest BCUT2D eigenvalue weighted by atomic mass is 10.2. The van der Waals surface area contributed by atoms with E-state index in [2.05, 4.69) is 20.7 Å². The molecule has 2 rings (SSSR count). The van der Waals surface area contributed by atoms with Gasteiger partial charge in [0.05, 0.1) is 16.9 Å². The van der Waals surface area contributed by atoms with Crippen molar-refractivity contribution in [3.63, 3.8) is 0 Å². The van der Waals surface area contributed by atoms with Gasteiger partial charge >= 0.3 is 6.18 Å². The minimum atomic E-state index is -4.42. The van der Waals surface area contributed by atoms with Gasteiger partial charge in [0.25, 0.3) is 0 Å². The van der Waals surface area contributed by atoms with Crippen LogP contribution >= 0.6 is 0 Å². The number of hydrogen-bond donors (Lipinski definition) is 2. The van der Waals surface area contributed by atoms with Crippen LogP contribution in [0.5, 0.6) is 0 Å². The van der Waals surface area contributed by atoms with Crippen molar-refractivity contribution < 1.29 is 13.2 Å². The van der Waals surface area contributed by atoms with Crippen LogP contribution in [0, 0.1) is 6.92 Å². The smallest absolute Gasteiger partial charge is 0.373 e. The predicted molar refractivity (Wildman–Crippen MR) is 70.0 cm³/mol. The van der Waals surface area contributed by atoms with Crippen LogP contribution in [0.1, 0.15) is 11.3 Å². The van der Waals surface area contributed by atoms with Gasteiger partial charge in [-0.25, -0.2) is 4.98 Å². The zero-order chi connectivity index (χ0) is 14.9. The number of aryl methyl sites for hydroxylation is 2. The number of rotatable bonds is 3. The molecule has 2 heterocycles. The molecule has 8 heteroatoms. The summed E-state index contributed by atoms with van der Waals surface area (Å²) in [5.41, 5.74) is 0.528. The second-order valence-corrected chi connectivity index (χ2v) is 4.30. The highest BCUT2D eigenvalue weighted by Crippen LogP contribution is 2.32. The van der Waals surface area contributed by atoms with E-state index in [1.807, 2.05) is 0 Å². The largest absolute Gasteiger partial charge is 0.416 e. The summed E-state index contributed by atoms with van der Waals surface area (Å²) < 4.78 is 40.0. The number of nitrogens with one attached hydrogen (secondary N) is 2. The molecule has 0 fully saturated rings. The van der Waals surface area contributed by atoms with Gasteiger partial charge in [0, 0.05) is 20.3 Å². The molecule has 0 radical (unpaired) electrons. The molecular formula is C12H14F3N5. The van der Waals surface area contributed by atoms with E-state index in [4.69, 9.17) is 0 Å². The van der Waals surface area contributed by atoms with Crippen molar-refractivity contribution in [2.24, 2.45) is 7.05 Å². The molecule has 2 aromatic heterocycles. The van der Waals surface area contributed by atoms with E-state index in [1.54, 1.807) is 24.9 Å². The molecule has 5 nitrogen and oxygen atoms in total. The minimum Gasteiger partial charge on any atom is -0.373 e. The van der Waals surface area contributed by atoms with Gasteiger partial charge in [0.2, 0.25) is 0 Å². The normalized spacial score (nSPS) is 11.5. The summed E-state index contributed by atoms with van der Waals surface area (Å²) >= 11 is 0. The third kappa shape index (κ3) is 3.01. The summed E-state index contributed by atoms with van der Waals surface area (Å²) in [6.45, 7) is 1.76. The maximum absolute atomic E-state index is 12.8. The van der Waals surface area contributed by atoms with Crippen molar-refractivity contribution in [1.82, 2.24) is 14.8 Å². The molecular weight excluding hydrogens is 271 g/mol. The van der Waals surface area contributed by atoms with Crippen LogP contribution in [-0.4, -0.2) is 21.8 Å². The van der Waals surface area contributed by atoms with E-state index in [0.29, 0.717) is 11.4 Å². The molecule has 0 unspecified atom stereocenters. The standard InChI is InChI=1S/C12H14F3N5/c1-7-9(6-20(3)19-7)17-11-5-8(12(13,14)15)4-10(16-2)18-11/h4-6H,1-3H3,(H2,16,17,18). The Kier molecular flexibility index (Phi) is 3.56. The molecule has 20 heavy (non-hydrogen) atoms. The highest BCUT2D eigenvalue weighted by atomic mass is 19.4. The van der Waals surface area contributed by atoms with Crippen LogP contribution in [0.25, 0.3) is 0 Å². The number of aromatic nitrogens is 3. The monoisotopic (exact) mass is 285 g/mol. The Bertz CT molecular complexity index is 618. The van der Waals surface area contributed by atoms with Gasteiger partial charge in [0.15, 0.2) is 0 Å². The summed E-state index contributed by atoms with van der Waals surface area (Å²) in [5, 5.41) is 9.57. The maximum atomic E-state index is 12.8. The van der Waals surface area contributed by atoms with Crippen LogP contribution < -0.4 is 10.6 Å². The number of nitrogens with zero attached hydrogens (tertiary/aromatic N) is 3. The summed E-state index contributed by atoms with van der Waals surface area (Å²) in [6, 6.07) is 1.93. The van der Waals surface area contributed by atoms with Gasteiger partial charge in [-0.1, -0.05) is 0 Å². The van der Waals surface area contributed by atoms with Crippen LogP contribution in [-0.2, 0) is 13.2 Å². The van der Waals surface area contributed by atoms with Crippen molar-refractivity contribution in [3.05, 3.63) is 29.6 Å². The number of pyridine rings is 1. The van der Waals surface area contributed by atoms with Crippen LogP contribution in [0.2, 0.25) is 0 Å². The SMILES string of the molecule is CNc1cc(C(F)(F)F)cc(Nc2cn(C)nc2C)n1. The second kappa shape index (κ2) is 5.03. The van der Waals surface area contributed by atoms with Crippen LogP contribution in [0.3, 0.4) is 0 Å². The molecule has 0 aromatic carbocycles. The summed E-state index contributed by atoms with van der Waals surface area (Å²) in [5.74, 6) is 0.254. The Morgan fingerprint density at radius 2 is 1.85 bits per heavy atom. The molecule has 0 aliphatic rings. The molecule has 0 saturated heterocycles. The van der Waals surface area contributed by atoms with E-state index >= 15 is 0 Å². The zero-order valence-corrected chi connectivity index (χ0v) is 11.2. The fourth-order valence-corrected chi connectivity index (χ4v) is 1.75. The van der Waals surface area contributed by atoms with E-state index in [9.17, 15) is 13.2 Å². The van der Waals surface area contributed by atoms with Gasteiger partial charge in [-0.2, -0.15) is 18.3 Å². The lowest BCUT2D eigenvalue weighted by molar-refractivity contribution is -0.137. The molecule has 2 aromatic rings. The molecule has 108 valence electrons. The highest BCUT2D eigenvalue weighted by Gasteiger charge is 2.31. The van der Waals surface area contributed by atoms with E-state index < -0.39 is 11.7 Å². The Morgan fingerprint density at radius 3 is 2.35 bits per heavy atom. The van der Waals surface area contributed by atoms with Crippen molar-refractivity contribution in [3.8, 4) is 0 Å². The van der Waals surface area contributed by atoms with Crippen LogP contribution in [0.15, 0.2) is 18.3 Å². The van der Waals surface area contributed by atoms with Gasteiger partial charge in [-0.05, 0) is 19.1 Å². The molecule has 0 bridgehead atoms. The molecule has 0 spiro atoms. The Morgan fingerprint density at radius 1 is 1.20 bits per heavy atom. The molecule has 0 amide bonds. The first-order chi connectivity index (χ1) is 9.29. The Balaban J connectivity index is 2.38. The minimum absolute atomic E-state index is 0.111. The number of anilines is 3. The van der Waals surface area contributed by atoms with E-state index in [-0.39, 0.29) is 11.6 Å². The summed E-state index contributed by atoms with van der Waals surface area (Å²) in [4.78, 5) is 4.05. The third-order valence-electron chi connectivity index (χ3n) is 2.69. The molecule has 2 N–H and O–H groups in total. The van der Waals surface area contributed by atoms with E-state index in [1.165, 1.54) is 7.05 Å². The number of alkyl halides is 3.